The standard InChI is InChI=1S/C26H25Br2NO6S/c1-16-7-9-18(10-8-16)29-26(32)35-25(20-13-17(27)14-21(28)24(20)31)22(11-12-33-23(30)15-36)34-19-5-3-2-4-6-19/h2-10,13-14,22,25,31,36H,11-12,15H2,1H3,(H,29,32)/t22-,25-/m0/s1. The summed E-state index contributed by atoms with van der Waals surface area (Å²) in [5.74, 6) is -0.147. The number of phenols is 1. The summed E-state index contributed by atoms with van der Waals surface area (Å²) >= 11 is 10.7. The van der Waals surface area contributed by atoms with Crippen LogP contribution in [0.3, 0.4) is 0 Å². The number of anilines is 1. The van der Waals surface area contributed by atoms with E-state index in [-0.39, 0.29) is 24.5 Å². The second-order valence-electron chi connectivity index (χ2n) is 7.78. The lowest BCUT2D eigenvalue weighted by atomic mass is 10.0. The van der Waals surface area contributed by atoms with Gasteiger partial charge in [0.25, 0.3) is 0 Å². The predicted molar refractivity (Wildman–Crippen MR) is 148 cm³/mol. The van der Waals surface area contributed by atoms with Crippen molar-refractivity contribution in [2.75, 3.05) is 17.7 Å². The molecule has 1 amide bonds. The number of amides is 1. The quantitative estimate of drug-likeness (QED) is 0.167. The van der Waals surface area contributed by atoms with Gasteiger partial charge in [-0.15, -0.1) is 0 Å². The van der Waals surface area contributed by atoms with E-state index in [1.165, 1.54) is 0 Å². The van der Waals surface area contributed by atoms with Crippen LogP contribution in [-0.2, 0) is 14.3 Å². The van der Waals surface area contributed by atoms with Crippen molar-refractivity contribution in [3.05, 3.63) is 86.8 Å². The van der Waals surface area contributed by atoms with E-state index >= 15 is 0 Å². The Labute approximate surface area is 231 Å². The van der Waals surface area contributed by atoms with Crippen molar-refractivity contribution in [3.8, 4) is 11.5 Å². The lowest BCUT2D eigenvalue weighted by Crippen LogP contribution is -2.32. The van der Waals surface area contributed by atoms with Crippen molar-refractivity contribution in [3.63, 3.8) is 0 Å². The number of phenolic OH excluding ortho intramolecular Hbond substituents is 1. The fourth-order valence-corrected chi connectivity index (χ4v) is 4.67. The number of nitrogens with one attached hydrogen (secondary N) is 1. The molecule has 2 N–H and O–H groups in total. The summed E-state index contributed by atoms with van der Waals surface area (Å²) < 4.78 is 18.3. The number of para-hydroxylation sites is 1. The number of esters is 1. The van der Waals surface area contributed by atoms with Gasteiger partial charge >= 0.3 is 12.1 Å². The zero-order chi connectivity index (χ0) is 26.1. The fraction of sp³-hybridized carbons (Fsp3) is 0.231. The van der Waals surface area contributed by atoms with Crippen LogP contribution in [0.15, 0.2) is 75.7 Å². The smallest absolute Gasteiger partial charge is 0.412 e. The Morgan fingerprint density at radius 2 is 1.75 bits per heavy atom. The summed E-state index contributed by atoms with van der Waals surface area (Å²) in [7, 11) is 0. The molecule has 0 aliphatic heterocycles. The minimum absolute atomic E-state index is 0.00767. The maximum Gasteiger partial charge on any atom is 0.412 e. The lowest BCUT2D eigenvalue weighted by molar-refractivity contribution is -0.141. The molecular weight excluding hydrogens is 614 g/mol. The number of benzene rings is 3. The zero-order valence-electron chi connectivity index (χ0n) is 19.3. The molecule has 0 saturated carbocycles. The van der Waals surface area contributed by atoms with Crippen LogP contribution in [0.4, 0.5) is 10.5 Å². The van der Waals surface area contributed by atoms with Gasteiger partial charge in [-0.25, -0.2) is 4.79 Å². The van der Waals surface area contributed by atoms with Gasteiger partial charge in [0.2, 0.25) is 0 Å². The highest BCUT2D eigenvalue weighted by molar-refractivity contribution is 9.11. The third-order valence-electron chi connectivity index (χ3n) is 5.06. The van der Waals surface area contributed by atoms with Gasteiger partial charge in [-0.1, -0.05) is 51.8 Å². The number of hydrogen-bond donors (Lipinski definition) is 3. The Hall–Kier alpha value is -2.69. The molecule has 0 aliphatic carbocycles. The van der Waals surface area contributed by atoms with Crippen LogP contribution in [-0.4, -0.2) is 35.6 Å². The topological polar surface area (TPSA) is 94.1 Å². The van der Waals surface area contributed by atoms with Gasteiger partial charge in [0.1, 0.15) is 17.6 Å². The molecule has 3 rings (SSSR count). The number of rotatable bonds is 10. The van der Waals surface area contributed by atoms with Crippen LogP contribution in [0, 0.1) is 6.92 Å². The largest absolute Gasteiger partial charge is 0.506 e. The number of thiol groups is 1. The molecule has 36 heavy (non-hydrogen) atoms. The highest BCUT2D eigenvalue weighted by Crippen LogP contribution is 2.39. The number of halogens is 2. The van der Waals surface area contributed by atoms with E-state index in [1.54, 1.807) is 48.5 Å². The Kier molecular flexibility index (Phi) is 10.5. The van der Waals surface area contributed by atoms with Crippen molar-refractivity contribution in [1.29, 1.82) is 0 Å². The van der Waals surface area contributed by atoms with E-state index in [9.17, 15) is 14.7 Å². The number of carbonyl (C=O) groups is 2. The second kappa shape index (κ2) is 13.6. The summed E-state index contributed by atoms with van der Waals surface area (Å²) in [6.45, 7) is 1.93. The third kappa shape index (κ3) is 8.18. The molecule has 0 aliphatic rings. The molecule has 0 saturated heterocycles. The summed E-state index contributed by atoms with van der Waals surface area (Å²) in [6.07, 6.45) is -2.47. The minimum atomic E-state index is -1.07. The summed E-state index contributed by atoms with van der Waals surface area (Å²) in [5, 5.41) is 13.6. The number of hydrogen-bond acceptors (Lipinski definition) is 7. The van der Waals surface area contributed by atoms with E-state index in [0.717, 1.165) is 5.56 Å². The first-order valence-electron chi connectivity index (χ1n) is 11.0. The molecule has 190 valence electrons. The van der Waals surface area contributed by atoms with Crippen molar-refractivity contribution in [2.24, 2.45) is 0 Å². The van der Waals surface area contributed by atoms with Crippen LogP contribution in [0.5, 0.6) is 11.5 Å². The Morgan fingerprint density at radius 1 is 1.06 bits per heavy atom. The highest BCUT2D eigenvalue weighted by Gasteiger charge is 2.32. The van der Waals surface area contributed by atoms with E-state index < -0.39 is 24.3 Å². The molecule has 0 radical (unpaired) electrons. The van der Waals surface area contributed by atoms with Gasteiger partial charge < -0.3 is 19.3 Å². The van der Waals surface area contributed by atoms with Crippen molar-refractivity contribution in [2.45, 2.75) is 25.6 Å². The molecule has 0 heterocycles. The Bertz CT molecular complexity index is 1180. The molecule has 2 atom stereocenters. The summed E-state index contributed by atoms with van der Waals surface area (Å²) in [4.78, 5) is 24.6. The van der Waals surface area contributed by atoms with Gasteiger partial charge in [-0.2, -0.15) is 12.6 Å². The van der Waals surface area contributed by atoms with E-state index in [2.05, 4.69) is 49.8 Å². The van der Waals surface area contributed by atoms with Crippen molar-refractivity contribution >= 4 is 62.2 Å². The molecule has 3 aromatic rings. The van der Waals surface area contributed by atoms with Crippen LogP contribution in [0.2, 0.25) is 0 Å². The molecule has 0 bridgehead atoms. The monoisotopic (exact) mass is 637 g/mol. The molecule has 3 aromatic carbocycles. The average molecular weight is 639 g/mol. The molecular formula is C26H25Br2NO6S. The van der Waals surface area contributed by atoms with Crippen molar-refractivity contribution < 1.29 is 28.9 Å². The number of aromatic hydroxyl groups is 1. The summed E-state index contributed by atoms with van der Waals surface area (Å²) in [6, 6.07) is 19.5. The van der Waals surface area contributed by atoms with Crippen LogP contribution in [0.1, 0.15) is 23.7 Å². The first-order chi connectivity index (χ1) is 17.3. The van der Waals surface area contributed by atoms with Gasteiger partial charge in [0, 0.05) is 22.1 Å². The molecule has 0 spiro atoms. The van der Waals surface area contributed by atoms with Crippen LogP contribution >= 0.6 is 44.5 Å². The van der Waals surface area contributed by atoms with Crippen LogP contribution in [0.25, 0.3) is 0 Å². The Balaban J connectivity index is 1.95. The van der Waals surface area contributed by atoms with Gasteiger partial charge in [0.15, 0.2) is 6.10 Å². The average Bonchev–Trinajstić information content (AvgIpc) is 2.86. The first-order valence-corrected chi connectivity index (χ1v) is 13.2. The van der Waals surface area contributed by atoms with E-state index in [0.29, 0.717) is 25.9 Å². The fourth-order valence-electron chi connectivity index (χ4n) is 3.32. The van der Waals surface area contributed by atoms with E-state index in [4.69, 9.17) is 14.2 Å². The summed E-state index contributed by atoms with van der Waals surface area (Å²) in [5.41, 5.74) is 1.90. The molecule has 10 heteroatoms. The lowest BCUT2D eigenvalue weighted by Gasteiger charge is -2.29. The predicted octanol–water partition coefficient (Wildman–Crippen LogP) is 6.83. The second-order valence-corrected chi connectivity index (χ2v) is 9.87. The third-order valence-corrected chi connectivity index (χ3v) is 6.38. The normalized spacial score (nSPS) is 12.3. The van der Waals surface area contributed by atoms with E-state index in [1.807, 2.05) is 25.1 Å². The molecule has 0 fully saturated rings. The number of aryl methyl sites for hydroxylation is 1. The Morgan fingerprint density at radius 3 is 2.42 bits per heavy atom. The van der Waals surface area contributed by atoms with Gasteiger partial charge in [-0.3, -0.25) is 10.1 Å². The highest BCUT2D eigenvalue weighted by atomic mass is 79.9. The van der Waals surface area contributed by atoms with Crippen LogP contribution < -0.4 is 10.1 Å². The van der Waals surface area contributed by atoms with Gasteiger partial charge in [0.05, 0.1) is 16.8 Å². The molecule has 0 unspecified atom stereocenters. The van der Waals surface area contributed by atoms with Crippen molar-refractivity contribution in [1.82, 2.24) is 0 Å². The number of carbonyl (C=O) groups excluding carboxylic acids is 2. The maximum atomic E-state index is 13.0. The zero-order valence-corrected chi connectivity index (χ0v) is 23.4. The molecule has 7 nitrogen and oxygen atoms in total. The number of ether oxygens (including phenoxy) is 3. The van der Waals surface area contributed by atoms with Gasteiger partial charge in [-0.05, 0) is 59.3 Å². The minimum Gasteiger partial charge on any atom is -0.506 e. The maximum absolute atomic E-state index is 13.0. The molecule has 0 aromatic heterocycles. The first kappa shape index (κ1) is 27.9. The SMILES string of the molecule is Cc1ccc(NC(=O)O[C@@H](c2cc(Br)cc(Br)c2O)[C@H](CCOC(=O)CS)Oc2ccccc2)cc1.